The maximum atomic E-state index is 12.8. The number of ether oxygens (including phenoxy) is 1. The molecule has 0 heterocycles. The van der Waals surface area contributed by atoms with E-state index in [0.717, 1.165) is 12.2 Å². The van der Waals surface area contributed by atoms with Gasteiger partial charge in [-0.3, -0.25) is 4.79 Å². The maximum Gasteiger partial charge on any atom is 0.144 e. The largest absolute Gasteiger partial charge is 0.497 e. The molecule has 1 aromatic rings. The van der Waals surface area contributed by atoms with Crippen LogP contribution in [0, 0.1) is 22.7 Å². The molecule has 0 spiro atoms. The second-order valence-electron chi connectivity index (χ2n) is 8.44. The van der Waals surface area contributed by atoms with Crippen molar-refractivity contribution in [3.05, 3.63) is 41.5 Å². The van der Waals surface area contributed by atoms with E-state index < -0.39 is 0 Å². The molecule has 0 aliphatic heterocycles. The minimum absolute atomic E-state index is 0.0537. The van der Waals surface area contributed by atoms with E-state index in [9.17, 15) is 4.79 Å². The Morgan fingerprint density at radius 3 is 2.43 bits per heavy atom. The van der Waals surface area contributed by atoms with Crippen LogP contribution in [-0.2, 0) is 4.79 Å². The summed E-state index contributed by atoms with van der Waals surface area (Å²) in [7, 11) is 1.69. The molecule has 4 rings (SSSR count). The van der Waals surface area contributed by atoms with E-state index in [1.165, 1.54) is 18.4 Å². The molecule has 0 amide bonds. The Morgan fingerprint density at radius 2 is 1.78 bits per heavy atom. The Bertz CT molecular complexity index is 682. The lowest BCUT2D eigenvalue weighted by Crippen LogP contribution is -2.59. The number of methoxy groups -OCH3 is 1. The third-order valence-corrected chi connectivity index (χ3v) is 6.76. The normalized spacial score (nSPS) is 37.5. The van der Waals surface area contributed by atoms with Crippen molar-refractivity contribution in [2.45, 2.75) is 46.0 Å². The van der Waals surface area contributed by atoms with Crippen LogP contribution in [0.4, 0.5) is 0 Å². The Morgan fingerprint density at radius 1 is 1.09 bits per heavy atom. The SMILES string of the molecule is COc1ccc(C2C3C=C4C(C)(C)CCCC4(C)C2C3=O)cc1. The Balaban J connectivity index is 1.76. The molecule has 2 saturated carbocycles. The smallest absolute Gasteiger partial charge is 0.144 e. The van der Waals surface area contributed by atoms with Crippen LogP contribution in [-0.4, -0.2) is 12.9 Å². The van der Waals surface area contributed by atoms with Crippen LogP contribution in [0.1, 0.15) is 51.5 Å². The van der Waals surface area contributed by atoms with Gasteiger partial charge in [-0.25, -0.2) is 0 Å². The lowest BCUT2D eigenvalue weighted by molar-refractivity contribution is -0.145. The van der Waals surface area contributed by atoms with Crippen molar-refractivity contribution < 1.29 is 9.53 Å². The number of hydrogen-bond acceptors (Lipinski definition) is 2. The fraction of sp³-hybridized carbons (Fsp3) is 0.571. The Labute approximate surface area is 138 Å². The van der Waals surface area contributed by atoms with Gasteiger partial charge in [0.1, 0.15) is 11.5 Å². The first-order valence-corrected chi connectivity index (χ1v) is 8.79. The number of ketones is 1. The highest BCUT2D eigenvalue weighted by atomic mass is 16.5. The van der Waals surface area contributed by atoms with Crippen molar-refractivity contribution in [1.82, 2.24) is 0 Å². The van der Waals surface area contributed by atoms with E-state index in [2.05, 4.69) is 39.0 Å². The highest BCUT2D eigenvalue weighted by molar-refractivity contribution is 5.96. The summed E-state index contributed by atoms with van der Waals surface area (Å²) in [6, 6.07) is 8.33. The highest BCUT2D eigenvalue weighted by Crippen LogP contribution is 2.67. The average Bonchev–Trinajstić information content (AvgIpc) is 2.51. The predicted octanol–water partition coefficient (Wildman–Crippen LogP) is 4.75. The van der Waals surface area contributed by atoms with Crippen LogP contribution in [0.3, 0.4) is 0 Å². The van der Waals surface area contributed by atoms with Gasteiger partial charge in [-0.15, -0.1) is 0 Å². The van der Waals surface area contributed by atoms with Gasteiger partial charge in [0, 0.05) is 17.8 Å². The molecule has 4 atom stereocenters. The monoisotopic (exact) mass is 310 g/mol. The van der Waals surface area contributed by atoms with E-state index in [0.29, 0.717) is 11.7 Å². The van der Waals surface area contributed by atoms with E-state index >= 15 is 0 Å². The summed E-state index contributed by atoms with van der Waals surface area (Å²) < 4.78 is 5.27. The van der Waals surface area contributed by atoms with Crippen LogP contribution in [0.5, 0.6) is 5.75 Å². The van der Waals surface area contributed by atoms with E-state index in [1.54, 1.807) is 12.7 Å². The zero-order valence-corrected chi connectivity index (χ0v) is 14.6. The molecule has 2 nitrogen and oxygen atoms in total. The van der Waals surface area contributed by atoms with Gasteiger partial charge < -0.3 is 4.74 Å². The van der Waals surface area contributed by atoms with Gasteiger partial charge in [-0.05, 0) is 41.4 Å². The van der Waals surface area contributed by atoms with Crippen LogP contribution in [0.25, 0.3) is 0 Å². The third kappa shape index (κ3) is 1.90. The summed E-state index contributed by atoms with van der Waals surface area (Å²) in [5.74, 6) is 1.96. The molecular formula is C21H26O2. The third-order valence-electron chi connectivity index (χ3n) is 6.76. The van der Waals surface area contributed by atoms with E-state index in [-0.39, 0.29) is 22.7 Å². The highest BCUT2D eigenvalue weighted by Gasteiger charge is 2.63. The molecule has 23 heavy (non-hydrogen) atoms. The van der Waals surface area contributed by atoms with Crippen molar-refractivity contribution in [3.8, 4) is 5.75 Å². The van der Waals surface area contributed by atoms with Gasteiger partial charge in [0.2, 0.25) is 0 Å². The van der Waals surface area contributed by atoms with Crippen LogP contribution in [0.15, 0.2) is 35.9 Å². The molecule has 2 fully saturated rings. The second kappa shape index (κ2) is 4.72. The Hall–Kier alpha value is -1.57. The number of carbonyl (C=O) groups is 1. The Kier molecular flexibility index (Phi) is 3.07. The molecule has 1 aromatic carbocycles. The van der Waals surface area contributed by atoms with Crippen LogP contribution in [0.2, 0.25) is 0 Å². The summed E-state index contributed by atoms with van der Waals surface area (Å²) in [5, 5.41) is 0. The minimum atomic E-state index is 0.0537. The summed E-state index contributed by atoms with van der Waals surface area (Å²) in [4.78, 5) is 12.8. The van der Waals surface area contributed by atoms with Crippen molar-refractivity contribution >= 4 is 5.78 Å². The first-order valence-electron chi connectivity index (χ1n) is 8.79. The van der Waals surface area contributed by atoms with Crippen molar-refractivity contribution in [2.75, 3.05) is 7.11 Å². The van der Waals surface area contributed by atoms with Gasteiger partial charge in [0.05, 0.1) is 7.11 Å². The number of fused-ring (bicyclic) bond motifs is 4. The second-order valence-corrected chi connectivity index (χ2v) is 8.44. The predicted molar refractivity (Wildman–Crippen MR) is 91.5 cm³/mol. The molecular weight excluding hydrogens is 284 g/mol. The fourth-order valence-corrected chi connectivity index (χ4v) is 5.63. The molecule has 3 aliphatic carbocycles. The number of hydrogen-bond donors (Lipinski definition) is 0. The van der Waals surface area contributed by atoms with Gasteiger partial charge in [-0.2, -0.15) is 0 Å². The molecule has 0 aromatic heterocycles. The number of carbonyl (C=O) groups excluding carboxylic acids is 1. The van der Waals surface area contributed by atoms with Gasteiger partial charge >= 0.3 is 0 Å². The quantitative estimate of drug-likeness (QED) is 0.737. The fourth-order valence-electron chi connectivity index (χ4n) is 5.63. The first-order chi connectivity index (χ1) is 10.9. The zero-order chi connectivity index (χ0) is 16.4. The maximum absolute atomic E-state index is 12.8. The van der Waals surface area contributed by atoms with Gasteiger partial charge in [-0.1, -0.05) is 51.0 Å². The van der Waals surface area contributed by atoms with Gasteiger partial charge in [0.25, 0.3) is 0 Å². The molecule has 0 saturated heterocycles. The molecule has 0 radical (unpaired) electrons. The molecule has 4 unspecified atom stereocenters. The molecule has 122 valence electrons. The molecule has 3 aliphatic rings. The van der Waals surface area contributed by atoms with Crippen molar-refractivity contribution in [3.63, 3.8) is 0 Å². The van der Waals surface area contributed by atoms with Crippen LogP contribution < -0.4 is 4.74 Å². The van der Waals surface area contributed by atoms with Gasteiger partial charge in [0.15, 0.2) is 0 Å². The van der Waals surface area contributed by atoms with Crippen molar-refractivity contribution in [2.24, 2.45) is 22.7 Å². The summed E-state index contributed by atoms with van der Waals surface area (Å²) >= 11 is 0. The first kappa shape index (κ1) is 15.0. The molecule has 2 heteroatoms. The lowest BCUT2D eigenvalue weighted by atomic mass is 9.41. The average molecular weight is 310 g/mol. The van der Waals surface area contributed by atoms with Crippen LogP contribution >= 0.6 is 0 Å². The number of rotatable bonds is 2. The molecule has 2 bridgehead atoms. The molecule has 0 N–H and O–H groups in total. The lowest BCUT2D eigenvalue weighted by Gasteiger charge is -2.61. The summed E-state index contributed by atoms with van der Waals surface area (Å²) in [6.07, 6.45) is 5.97. The standard InChI is InChI=1S/C21H26O2/c1-20(2)10-5-11-21(3)16(20)12-15-17(18(21)19(15)22)13-6-8-14(23-4)9-7-13/h6-9,12,15,17-18H,5,10-11H2,1-4H3. The number of benzene rings is 1. The zero-order valence-electron chi connectivity index (χ0n) is 14.6. The minimum Gasteiger partial charge on any atom is -0.497 e. The number of allylic oxidation sites excluding steroid dienone is 2. The summed E-state index contributed by atoms with van der Waals surface area (Å²) in [5.41, 5.74) is 3.14. The van der Waals surface area contributed by atoms with E-state index in [1.807, 2.05) is 12.1 Å². The number of Topliss-reactive ketones (excluding diaryl/α,β-unsaturated/α-hetero) is 1. The van der Waals surface area contributed by atoms with Crippen molar-refractivity contribution in [1.29, 1.82) is 0 Å². The topological polar surface area (TPSA) is 26.3 Å². The van der Waals surface area contributed by atoms with E-state index in [4.69, 9.17) is 4.74 Å². The summed E-state index contributed by atoms with van der Waals surface area (Å²) in [6.45, 7) is 7.05.